The first-order valence-electron chi connectivity index (χ1n) is 6.98. The van der Waals surface area contributed by atoms with E-state index < -0.39 is 16.0 Å². The molecular weight excluding hydrogens is 296 g/mol. The first kappa shape index (κ1) is 16.0. The van der Waals surface area contributed by atoms with Crippen molar-refractivity contribution < 1.29 is 23.1 Å². The minimum atomic E-state index is -3.68. The second kappa shape index (κ2) is 6.59. The highest BCUT2D eigenvalue weighted by Gasteiger charge is 2.30. The van der Waals surface area contributed by atoms with Gasteiger partial charge in [-0.2, -0.15) is 0 Å². The Labute approximate surface area is 124 Å². The molecule has 1 aromatic heterocycles. The number of aromatic carboxylic acids is 1. The zero-order chi connectivity index (χ0) is 15.5. The maximum atomic E-state index is 12.1. The summed E-state index contributed by atoms with van der Waals surface area (Å²) in [5, 5.41) is 9.14. The van der Waals surface area contributed by atoms with Crippen LogP contribution in [0.25, 0.3) is 0 Å². The number of ether oxygens (including phenoxy) is 1. The van der Waals surface area contributed by atoms with E-state index in [9.17, 15) is 13.2 Å². The Balaban J connectivity index is 2.05. The molecule has 0 aromatic carbocycles. The van der Waals surface area contributed by atoms with E-state index in [-0.39, 0.29) is 23.2 Å². The van der Waals surface area contributed by atoms with E-state index in [2.05, 4.69) is 4.72 Å². The third-order valence-electron chi connectivity index (χ3n) is 3.25. The minimum absolute atomic E-state index is 0.00297. The number of hydrogen-bond donors (Lipinski definition) is 2. The number of rotatable bonds is 9. The highest BCUT2D eigenvalue weighted by atomic mass is 32.2. The Morgan fingerprint density at radius 3 is 2.81 bits per heavy atom. The number of carbonyl (C=O) groups is 1. The summed E-state index contributed by atoms with van der Waals surface area (Å²) in [7, 11) is -3.68. The van der Waals surface area contributed by atoms with Crippen LogP contribution in [0.3, 0.4) is 0 Å². The second-order valence-corrected chi connectivity index (χ2v) is 6.72. The third-order valence-corrected chi connectivity index (χ3v) is 4.68. The quantitative estimate of drug-likeness (QED) is 0.668. The standard InChI is InChI=1S/C13H20N2O5S/c1-2-20-7-3-6-14-21(18,19)11-8-12(13(16)17)15(9-11)10-4-5-10/h8-10,14H,2-7H2,1H3,(H,16,17). The van der Waals surface area contributed by atoms with Crippen LogP contribution < -0.4 is 4.72 Å². The van der Waals surface area contributed by atoms with Gasteiger partial charge in [0.1, 0.15) is 10.6 Å². The highest BCUT2D eigenvalue weighted by Crippen LogP contribution is 2.37. The van der Waals surface area contributed by atoms with Crippen molar-refractivity contribution in [1.29, 1.82) is 0 Å². The molecule has 7 nitrogen and oxygen atoms in total. The van der Waals surface area contributed by atoms with E-state index in [1.807, 2.05) is 6.92 Å². The third kappa shape index (κ3) is 4.05. The molecule has 0 radical (unpaired) electrons. The molecule has 0 atom stereocenters. The minimum Gasteiger partial charge on any atom is -0.477 e. The van der Waals surface area contributed by atoms with Gasteiger partial charge in [0.25, 0.3) is 0 Å². The van der Waals surface area contributed by atoms with Gasteiger partial charge < -0.3 is 14.4 Å². The largest absolute Gasteiger partial charge is 0.477 e. The molecule has 1 aromatic rings. The molecule has 0 amide bonds. The van der Waals surface area contributed by atoms with Gasteiger partial charge in [-0.3, -0.25) is 0 Å². The topological polar surface area (TPSA) is 97.6 Å². The van der Waals surface area contributed by atoms with E-state index in [0.29, 0.717) is 19.6 Å². The molecule has 0 saturated heterocycles. The van der Waals surface area contributed by atoms with Crippen LogP contribution in [0.1, 0.15) is 42.7 Å². The maximum absolute atomic E-state index is 12.1. The molecule has 0 bridgehead atoms. The lowest BCUT2D eigenvalue weighted by Gasteiger charge is -2.05. The maximum Gasteiger partial charge on any atom is 0.352 e. The summed E-state index contributed by atoms with van der Waals surface area (Å²) >= 11 is 0. The zero-order valence-corrected chi connectivity index (χ0v) is 12.7. The molecule has 2 N–H and O–H groups in total. The number of carboxylic acid groups (broad SMARTS) is 1. The van der Waals surface area contributed by atoms with Gasteiger partial charge in [0.05, 0.1) is 0 Å². The van der Waals surface area contributed by atoms with Crippen molar-refractivity contribution in [2.45, 2.75) is 37.1 Å². The van der Waals surface area contributed by atoms with Gasteiger partial charge in [-0.25, -0.2) is 17.9 Å². The summed E-state index contributed by atoms with van der Waals surface area (Å²) in [5.41, 5.74) is 0.0205. The second-order valence-electron chi connectivity index (χ2n) is 4.95. The highest BCUT2D eigenvalue weighted by molar-refractivity contribution is 7.89. The molecule has 21 heavy (non-hydrogen) atoms. The van der Waals surface area contributed by atoms with Gasteiger partial charge in [-0.05, 0) is 32.3 Å². The van der Waals surface area contributed by atoms with E-state index >= 15 is 0 Å². The monoisotopic (exact) mass is 316 g/mol. The summed E-state index contributed by atoms with van der Waals surface area (Å²) in [4.78, 5) is 11.2. The molecule has 0 spiro atoms. The van der Waals surface area contributed by atoms with Crippen LogP contribution in [0.2, 0.25) is 0 Å². The Hall–Kier alpha value is -1.38. The average molecular weight is 316 g/mol. The van der Waals surface area contributed by atoms with Crippen LogP contribution in [0.15, 0.2) is 17.2 Å². The molecule has 2 rings (SSSR count). The first-order valence-corrected chi connectivity index (χ1v) is 8.46. The number of aromatic nitrogens is 1. The van der Waals surface area contributed by atoms with Crippen LogP contribution >= 0.6 is 0 Å². The van der Waals surface area contributed by atoms with E-state index in [4.69, 9.17) is 9.84 Å². The average Bonchev–Trinajstić information content (AvgIpc) is 3.16. The predicted octanol–water partition coefficient (Wildman–Crippen LogP) is 1.23. The number of nitrogens with one attached hydrogen (secondary N) is 1. The lowest BCUT2D eigenvalue weighted by Crippen LogP contribution is -2.25. The van der Waals surface area contributed by atoms with Gasteiger partial charge >= 0.3 is 5.97 Å². The molecule has 0 unspecified atom stereocenters. The summed E-state index contributed by atoms with van der Waals surface area (Å²) < 4.78 is 33.4. The van der Waals surface area contributed by atoms with Crippen LogP contribution in [0.4, 0.5) is 0 Å². The Kier molecular flexibility index (Phi) is 5.02. The van der Waals surface area contributed by atoms with Gasteiger partial charge in [-0.1, -0.05) is 0 Å². The lowest BCUT2D eigenvalue weighted by atomic mass is 10.4. The van der Waals surface area contributed by atoms with Crippen molar-refractivity contribution in [3.8, 4) is 0 Å². The van der Waals surface area contributed by atoms with Gasteiger partial charge in [0.2, 0.25) is 10.0 Å². The first-order chi connectivity index (χ1) is 9.95. The van der Waals surface area contributed by atoms with Gasteiger partial charge in [0.15, 0.2) is 0 Å². The van der Waals surface area contributed by atoms with E-state index in [0.717, 1.165) is 12.8 Å². The number of sulfonamides is 1. The fourth-order valence-electron chi connectivity index (χ4n) is 2.04. The van der Waals surface area contributed by atoms with Crippen LogP contribution in [0, 0.1) is 0 Å². The van der Waals surface area contributed by atoms with Crippen LogP contribution in [0.5, 0.6) is 0 Å². The zero-order valence-electron chi connectivity index (χ0n) is 11.9. The fraction of sp³-hybridized carbons (Fsp3) is 0.615. The Bertz CT molecular complexity index is 604. The summed E-state index contributed by atoms with van der Waals surface area (Å²) in [6, 6.07) is 1.32. The predicted molar refractivity (Wildman–Crippen MR) is 76.0 cm³/mol. The molecule has 1 aliphatic carbocycles. The van der Waals surface area contributed by atoms with Crippen molar-refractivity contribution in [3.05, 3.63) is 18.0 Å². The molecule has 8 heteroatoms. The van der Waals surface area contributed by atoms with Crippen molar-refractivity contribution in [2.75, 3.05) is 19.8 Å². The molecule has 1 aliphatic rings. The van der Waals surface area contributed by atoms with E-state index in [1.165, 1.54) is 16.8 Å². The van der Waals surface area contributed by atoms with E-state index in [1.54, 1.807) is 0 Å². The molecule has 0 aliphatic heterocycles. The van der Waals surface area contributed by atoms with Crippen LogP contribution in [-0.4, -0.2) is 43.8 Å². The Morgan fingerprint density at radius 1 is 1.52 bits per heavy atom. The smallest absolute Gasteiger partial charge is 0.352 e. The number of nitrogens with zero attached hydrogens (tertiary/aromatic N) is 1. The molecule has 1 fully saturated rings. The fourth-order valence-corrected chi connectivity index (χ4v) is 3.13. The summed E-state index contributed by atoms with van der Waals surface area (Å²) in [6.45, 7) is 3.22. The molecular formula is C13H20N2O5S. The normalized spacial score (nSPS) is 15.3. The molecule has 1 saturated carbocycles. The van der Waals surface area contributed by atoms with Gasteiger partial charge in [0, 0.05) is 32.0 Å². The molecule has 118 valence electrons. The molecule has 1 heterocycles. The van der Waals surface area contributed by atoms with Gasteiger partial charge in [-0.15, -0.1) is 0 Å². The lowest BCUT2D eigenvalue weighted by molar-refractivity contribution is 0.0685. The van der Waals surface area contributed by atoms with Crippen molar-refractivity contribution in [2.24, 2.45) is 0 Å². The van der Waals surface area contributed by atoms with Crippen molar-refractivity contribution >= 4 is 16.0 Å². The number of carboxylic acids is 1. The number of hydrogen-bond acceptors (Lipinski definition) is 4. The Morgan fingerprint density at radius 2 is 2.24 bits per heavy atom. The summed E-state index contributed by atoms with van der Waals surface area (Å²) in [6.07, 6.45) is 3.75. The van der Waals surface area contributed by atoms with Crippen LogP contribution in [-0.2, 0) is 14.8 Å². The van der Waals surface area contributed by atoms with Crippen molar-refractivity contribution in [1.82, 2.24) is 9.29 Å². The summed E-state index contributed by atoms with van der Waals surface area (Å²) in [5.74, 6) is -1.11. The van der Waals surface area contributed by atoms with Crippen molar-refractivity contribution in [3.63, 3.8) is 0 Å². The SMILES string of the molecule is CCOCCCNS(=O)(=O)c1cc(C(=O)O)n(C2CC2)c1.